The summed E-state index contributed by atoms with van der Waals surface area (Å²) in [4.78, 5) is 16.4. The number of ether oxygens (including phenoxy) is 1. The normalized spacial score (nSPS) is 24.0. The van der Waals surface area contributed by atoms with Crippen molar-refractivity contribution in [2.45, 2.75) is 19.0 Å². The summed E-state index contributed by atoms with van der Waals surface area (Å²) >= 11 is 0. The molecule has 0 bridgehead atoms. The third-order valence-corrected chi connectivity index (χ3v) is 6.71. The lowest BCUT2D eigenvalue weighted by Crippen LogP contribution is -2.37. The van der Waals surface area contributed by atoms with Gasteiger partial charge >= 0.3 is 6.03 Å². The minimum atomic E-state index is -3.20. The van der Waals surface area contributed by atoms with Gasteiger partial charge in [0.2, 0.25) is 0 Å². The lowest BCUT2D eigenvalue weighted by atomic mass is 10.1. The molecule has 0 N–H and O–H groups in total. The number of carbonyl (C=O) groups is 1. The second-order valence-corrected chi connectivity index (χ2v) is 8.93. The van der Waals surface area contributed by atoms with Crippen LogP contribution in [0, 0.1) is 6.92 Å². The van der Waals surface area contributed by atoms with Crippen LogP contribution in [0.15, 0.2) is 48.5 Å². The zero-order chi connectivity index (χ0) is 18.5. The minimum Gasteiger partial charge on any atom is -0.497 e. The second-order valence-electron chi connectivity index (χ2n) is 6.77. The Labute approximate surface area is 152 Å². The molecule has 2 heterocycles. The Morgan fingerprint density at radius 2 is 1.58 bits per heavy atom. The lowest BCUT2D eigenvalue weighted by Gasteiger charge is -2.23. The van der Waals surface area contributed by atoms with Crippen LogP contribution in [0.25, 0.3) is 0 Å². The van der Waals surface area contributed by atoms with E-state index in [0.29, 0.717) is 11.4 Å². The molecule has 2 aliphatic rings. The van der Waals surface area contributed by atoms with Crippen molar-refractivity contribution in [3.8, 4) is 5.75 Å². The molecule has 0 unspecified atom stereocenters. The Morgan fingerprint density at radius 1 is 0.962 bits per heavy atom. The third-order valence-electron chi connectivity index (χ3n) is 5.01. The first-order valence-corrected chi connectivity index (χ1v) is 10.3. The largest absolute Gasteiger partial charge is 0.497 e. The van der Waals surface area contributed by atoms with Crippen LogP contribution in [0.5, 0.6) is 5.75 Å². The van der Waals surface area contributed by atoms with Crippen LogP contribution in [0.4, 0.5) is 16.2 Å². The number of methoxy groups -OCH3 is 1. The number of aryl methyl sites for hydroxylation is 1. The standard InChI is InChI=1S/C19H20N2O4S/c1-13-6-8-14(9-7-13)20-17-11-26(23,24)12-18(17)21(19(20)22)15-4-3-5-16(10-15)25-2/h3-10,17-18H,11-12H2,1-2H3/t17-,18+/m1/s1. The Bertz CT molecular complexity index is 956. The van der Waals surface area contributed by atoms with Crippen molar-refractivity contribution < 1.29 is 17.9 Å². The highest BCUT2D eigenvalue weighted by Gasteiger charge is 2.54. The first-order valence-electron chi connectivity index (χ1n) is 8.43. The van der Waals surface area contributed by atoms with Gasteiger partial charge in [0.1, 0.15) is 5.75 Å². The summed E-state index contributed by atoms with van der Waals surface area (Å²) in [5.41, 5.74) is 2.45. The van der Waals surface area contributed by atoms with E-state index in [4.69, 9.17) is 4.74 Å². The van der Waals surface area contributed by atoms with Gasteiger partial charge in [-0.3, -0.25) is 9.80 Å². The highest BCUT2D eigenvalue weighted by Crippen LogP contribution is 2.38. The number of nitrogens with zero attached hydrogens (tertiary/aromatic N) is 2. The summed E-state index contributed by atoms with van der Waals surface area (Å²) in [6, 6.07) is 13.8. The van der Waals surface area contributed by atoms with Gasteiger partial charge in [0.25, 0.3) is 0 Å². The smallest absolute Gasteiger partial charge is 0.329 e. The highest BCUT2D eigenvalue weighted by atomic mass is 32.2. The molecule has 0 radical (unpaired) electrons. The van der Waals surface area contributed by atoms with Gasteiger partial charge in [-0.25, -0.2) is 13.2 Å². The van der Waals surface area contributed by atoms with Crippen molar-refractivity contribution in [2.75, 3.05) is 28.4 Å². The molecule has 2 amide bonds. The summed E-state index contributed by atoms with van der Waals surface area (Å²) in [5, 5.41) is 0. The van der Waals surface area contributed by atoms with Gasteiger partial charge in [0.05, 0.1) is 30.7 Å². The third kappa shape index (κ3) is 2.72. The lowest BCUT2D eigenvalue weighted by molar-refractivity contribution is 0.255. The number of fused-ring (bicyclic) bond motifs is 1. The number of sulfone groups is 1. The molecule has 0 aromatic heterocycles. The fraction of sp³-hybridized carbons (Fsp3) is 0.316. The van der Waals surface area contributed by atoms with Crippen molar-refractivity contribution in [3.05, 3.63) is 54.1 Å². The van der Waals surface area contributed by atoms with Crippen LogP contribution < -0.4 is 14.5 Å². The van der Waals surface area contributed by atoms with Gasteiger partial charge in [0, 0.05) is 17.4 Å². The Balaban J connectivity index is 1.80. The molecule has 2 aliphatic heterocycles. The quantitative estimate of drug-likeness (QED) is 0.777. The number of rotatable bonds is 3. The molecule has 6 nitrogen and oxygen atoms in total. The van der Waals surface area contributed by atoms with Gasteiger partial charge in [-0.05, 0) is 31.2 Å². The second kappa shape index (κ2) is 6.02. The van der Waals surface area contributed by atoms with Crippen LogP contribution in [-0.2, 0) is 9.84 Å². The van der Waals surface area contributed by atoms with Crippen LogP contribution in [0.3, 0.4) is 0 Å². The SMILES string of the molecule is COc1cccc(N2C(=O)N(c3ccc(C)cc3)[C@@H]3CS(=O)(=O)C[C@@H]32)c1. The van der Waals surface area contributed by atoms with Crippen molar-refractivity contribution in [1.29, 1.82) is 0 Å². The molecule has 2 fully saturated rings. The van der Waals surface area contributed by atoms with E-state index in [9.17, 15) is 13.2 Å². The van der Waals surface area contributed by atoms with E-state index >= 15 is 0 Å². The topological polar surface area (TPSA) is 66.9 Å². The van der Waals surface area contributed by atoms with Crippen molar-refractivity contribution in [1.82, 2.24) is 0 Å². The Kier molecular flexibility index (Phi) is 3.91. The monoisotopic (exact) mass is 372 g/mol. The summed E-state index contributed by atoms with van der Waals surface area (Å²) in [5.74, 6) is 0.585. The fourth-order valence-electron chi connectivity index (χ4n) is 3.77. The summed E-state index contributed by atoms with van der Waals surface area (Å²) in [6.45, 7) is 1.97. The number of anilines is 2. The van der Waals surface area contributed by atoms with E-state index in [-0.39, 0.29) is 23.6 Å². The molecule has 7 heteroatoms. The molecule has 0 saturated carbocycles. The van der Waals surface area contributed by atoms with Crippen molar-refractivity contribution >= 4 is 27.2 Å². The van der Waals surface area contributed by atoms with E-state index in [0.717, 1.165) is 11.3 Å². The highest BCUT2D eigenvalue weighted by molar-refractivity contribution is 7.91. The van der Waals surface area contributed by atoms with E-state index < -0.39 is 15.9 Å². The van der Waals surface area contributed by atoms with E-state index in [1.165, 1.54) is 0 Å². The van der Waals surface area contributed by atoms with Gasteiger partial charge in [-0.1, -0.05) is 23.8 Å². The molecule has 2 atom stereocenters. The molecule has 2 saturated heterocycles. The van der Waals surface area contributed by atoms with Gasteiger partial charge < -0.3 is 4.74 Å². The molecule has 26 heavy (non-hydrogen) atoms. The van der Waals surface area contributed by atoms with E-state index in [1.807, 2.05) is 31.2 Å². The predicted octanol–water partition coefficient (Wildman–Crippen LogP) is 2.62. The molecule has 2 aromatic carbocycles. The molecule has 0 spiro atoms. The molecule has 0 aliphatic carbocycles. The van der Waals surface area contributed by atoms with Crippen LogP contribution >= 0.6 is 0 Å². The fourth-order valence-corrected chi connectivity index (χ4v) is 5.69. The van der Waals surface area contributed by atoms with Crippen molar-refractivity contribution in [2.24, 2.45) is 0 Å². The van der Waals surface area contributed by atoms with E-state index in [2.05, 4.69) is 0 Å². The van der Waals surface area contributed by atoms with Crippen LogP contribution in [0.1, 0.15) is 5.56 Å². The predicted molar refractivity (Wildman–Crippen MR) is 101 cm³/mol. The number of carbonyl (C=O) groups excluding carboxylic acids is 1. The number of benzene rings is 2. The average molecular weight is 372 g/mol. The summed E-state index contributed by atoms with van der Waals surface area (Å²) in [6.07, 6.45) is 0. The minimum absolute atomic E-state index is 0.0161. The van der Waals surface area contributed by atoms with Crippen LogP contribution in [-0.4, -0.2) is 45.1 Å². The maximum absolute atomic E-state index is 13.2. The first-order chi connectivity index (χ1) is 12.4. The van der Waals surface area contributed by atoms with Gasteiger partial charge in [0.15, 0.2) is 9.84 Å². The van der Waals surface area contributed by atoms with Gasteiger partial charge in [-0.15, -0.1) is 0 Å². The molecule has 136 valence electrons. The summed E-state index contributed by atoms with van der Waals surface area (Å²) < 4.78 is 29.8. The number of hydrogen-bond donors (Lipinski definition) is 0. The summed E-state index contributed by atoms with van der Waals surface area (Å²) in [7, 11) is -1.64. The zero-order valence-electron chi connectivity index (χ0n) is 14.6. The Hall–Kier alpha value is -2.54. The van der Waals surface area contributed by atoms with Gasteiger partial charge in [-0.2, -0.15) is 0 Å². The van der Waals surface area contributed by atoms with Crippen molar-refractivity contribution in [3.63, 3.8) is 0 Å². The van der Waals surface area contributed by atoms with Crippen LogP contribution in [0.2, 0.25) is 0 Å². The number of amides is 2. The molecule has 4 rings (SSSR count). The number of urea groups is 1. The molecular formula is C19H20N2O4S. The molecular weight excluding hydrogens is 352 g/mol. The van der Waals surface area contributed by atoms with E-state index in [1.54, 1.807) is 41.2 Å². The maximum atomic E-state index is 13.2. The Morgan fingerprint density at radius 3 is 2.19 bits per heavy atom. The first kappa shape index (κ1) is 16.9. The molecule has 2 aromatic rings. The maximum Gasteiger partial charge on any atom is 0.329 e. The number of hydrogen-bond acceptors (Lipinski definition) is 4. The average Bonchev–Trinajstić information content (AvgIpc) is 3.04. The zero-order valence-corrected chi connectivity index (χ0v) is 15.4.